The van der Waals surface area contributed by atoms with Crippen LogP contribution in [0.1, 0.15) is 43.5 Å². The smallest absolute Gasteiger partial charge is 0.335 e. The first-order valence-electron chi connectivity index (χ1n) is 14.0. The van der Waals surface area contributed by atoms with Gasteiger partial charge in [-0.3, -0.25) is 14.5 Å². The van der Waals surface area contributed by atoms with Crippen LogP contribution in [0.4, 0.5) is 0 Å². The Morgan fingerprint density at radius 1 is 0.667 bits per heavy atom. The second-order valence-corrected chi connectivity index (χ2v) is 10.1. The molecule has 0 aliphatic carbocycles. The number of benzene rings is 4. The molecule has 0 spiro atoms. The summed E-state index contributed by atoms with van der Waals surface area (Å²) in [6.45, 7) is 2.73. The number of nitrogens with zero attached hydrogens (tertiary/aromatic N) is 1. The number of hydrogen-bond donors (Lipinski definition) is 4. The van der Waals surface area contributed by atoms with Crippen molar-refractivity contribution in [1.82, 2.24) is 4.90 Å². The third-order valence-corrected chi connectivity index (χ3v) is 6.72. The average molecular weight is 614 g/mol. The number of fused-ring (bicyclic) bond motifs is 1. The number of Topliss-reactive ketones (excluding diaryl/α,β-unsaturated/α-hetero) is 2. The van der Waals surface area contributed by atoms with E-state index >= 15 is 0 Å². The van der Waals surface area contributed by atoms with E-state index in [4.69, 9.17) is 25.2 Å². The van der Waals surface area contributed by atoms with E-state index in [1.165, 1.54) is 16.7 Å². The number of aliphatic hydroxyl groups excluding tert-OH is 2. The van der Waals surface area contributed by atoms with E-state index in [2.05, 4.69) is 60.5 Å². The molecule has 0 saturated carbocycles. The molecular weight excluding hydrogens is 578 g/mol. The average Bonchev–Trinajstić information content (AvgIpc) is 3.06. The Bertz CT molecular complexity index is 1480. The van der Waals surface area contributed by atoms with Crippen LogP contribution in [-0.2, 0) is 20.9 Å². The van der Waals surface area contributed by atoms with Crippen LogP contribution in [0.5, 0.6) is 0 Å². The minimum Gasteiger partial charge on any atom is -0.479 e. The van der Waals surface area contributed by atoms with Crippen molar-refractivity contribution in [3.63, 3.8) is 0 Å². The van der Waals surface area contributed by atoms with Crippen molar-refractivity contribution in [3.8, 4) is 0 Å². The Balaban J connectivity index is 0.000000194. The van der Waals surface area contributed by atoms with Crippen LogP contribution in [0.15, 0.2) is 115 Å². The van der Waals surface area contributed by atoms with Crippen molar-refractivity contribution >= 4 is 23.5 Å². The lowest BCUT2D eigenvalue weighted by Gasteiger charge is -2.28. The lowest BCUT2D eigenvalue weighted by atomic mass is 9.96. The van der Waals surface area contributed by atoms with Crippen molar-refractivity contribution < 1.29 is 44.3 Å². The normalized spacial score (nSPS) is 15.6. The largest absolute Gasteiger partial charge is 0.479 e. The number of rotatable bonds is 7. The van der Waals surface area contributed by atoms with Gasteiger partial charge in [0, 0.05) is 24.2 Å². The van der Waals surface area contributed by atoms with Crippen molar-refractivity contribution in [2.75, 3.05) is 20.2 Å². The predicted molar refractivity (Wildman–Crippen MR) is 166 cm³/mol. The topological polar surface area (TPSA) is 162 Å². The summed E-state index contributed by atoms with van der Waals surface area (Å²) in [5, 5.41) is 32.5. The predicted octanol–water partition coefficient (Wildman–Crippen LogP) is 3.87. The van der Waals surface area contributed by atoms with E-state index in [1.54, 1.807) is 48.5 Å². The minimum atomic E-state index is -2.27. The Morgan fingerprint density at radius 2 is 1.09 bits per heavy atom. The molecule has 0 radical (unpaired) electrons. The number of ether oxygens (including phenoxy) is 1. The third kappa shape index (κ3) is 10.3. The van der Waals surface area contributed by atoms with Gasteiger partial charge in [-0.1, -0.05) is 115 Å². The molecule has 0 aromatic heterocycles. The van der Waals surface area contributed by atoms with E-state index in [0.717, 1.165) is 19.7 Å². The first-order chi connectivity index (χ1) is 21.6. The summed E-state index contributed by atoms with van der Waals surface area (Å²) in [4.78, 5) is 45.4. The monoisotopic (exact) mass is 613 g/mol. The highest BCUT2D eigenvalue weighted by Gasteiger charge is 2.29. The number of carbonyl (C=O) groups excluding carboxylic acids is 2. The van der Waals surface area contributed by atoms with Crippen LogP contribution in [-0.4, -0.2) is 81.2 Å². The van der Waals surface area contributed by atoms with Crippen molar-refractivity contribution in [1.29, 1.82) is 0 Å². The summed E-state index contributed by atoms with van der Waals surface area (Å²) < 4.78 is 6.12. The number of ketones is 2. The van der Waals surface area contributed by atoms with Gasteiger partial charge in [-0.2, -0.15) is 0 Å². The zero-order chi connectivity index (χ0) is 32.8. The van der Waals surface area contributed by atoms with Gasteiger partial charge in [-0.05, 0) is 23.7 Å². The maximum atomic E-state index is 11.8. The SMILES string of the molecule is CN1CCOC(c2ccccc2)c2ccccc2C1.O=C(C(=O)c1ccccc1)c1ccccc1.O=C(O)C(O)C(O)C(=O)O. The zero-order valence-electron chi connectivity index (χ0n) is 24.6. The van der Waals surface area contributed by atoms with Gasteiger partial charge in [0.05, 0.1) is 6.61 Å². The van der Waals surface area contributed by atoms with Crippen LogP contribution < -0.4 is 0 Å². The van der Waals surface area contributed by atoms with Crippen LogP contribution in [0, 0.1) is 0 Å². The first kappa shape index (κ1) is 34.5. The second kappa shape index (κ2) is 17.3. The van der Waals surface area contributed by atoms with Gasteiger partial charge < -0.3 is 25.2 Å². The summed E-state index contributed by atoms with van der Waals surface area (Å²) in [5.41, 5.74) is 4.74. The van der Waals surface area contributed by atoms with E-state index < -0.39 is 35.7 Å². The molecule has 45 heavy (non-hydrogen) atoms. The molecule has 234 valence electrons. The summed E-state index contributed by atoms with van der Waals surface area (Å²) in [6, 6.07) is 36.2. The number of aliphatic hydroxyl groups is 2. The van der Waals surface area contributed by atoms with Crippen LogP contribution in [0.3, 0.4) is 0 Å². The molecule has 3 unspecified atom stereocenters. The fraction of sp³-hybridized carbons (Fsp3) is 0.200. The summed E-state index contributed by atoms with van der Waals surface area (Å²) >= 11 is 0. The molecule has 1 aliphatic heterocycles. The summed E-state index contributed by atoms with van der Waals surface area (Å²) in [7, 11) is 2.14. The van der Waals surface area contributed by atoms with Crippen molar-refractivity contribution in [2.24, 2.45) is 0 Å². The Kier molecular flexibility index (Phi) is 13.3. The maximum Gasteiger partial charge on any atom is 0.335 e. The van der Waals surface area contributed by atoms with Gasteiger partial charge in [-0.25, -0.2) is 9.59 Å². The zero-order valence-corrected chi connectivity index (χ0v) is 24.6. The highest BCUT2D eigenvalue weighted by atomic mass is 16.5. The summed E-state index contributed by atoms with van der Waals surface area (Å²) in [5.74, 6) is -4.47. The molecule has 4 aromatic rings. The highest BCUT2D eigenvalue weighted by Crippen LogP contribution is 2.30. The number of hydrogen-bond acceptors (Lipinski definition) is 8. The molecule has 4 N–H and O–H groups in total. The standard InChI is InChI=1S/C17H19NO.C14H10O2.C4H6O6/c1-18-11-12-19-17(14-7-3-2-4-8-14)16-10-6-5-9-15(16)13-18;15-13(11-7-3-1-4-8-11)14(16)12-9-5-2-6-10-12;5-1(3(7)8)2(6)4(9)10/h2-10,17H,11-13H2,1H3;1-10H;1-2,5-6H,(H,7,8)(H,9,10). The van der Waals surface area contributed by atoms with Gasteiger partial charge in [-0.15, -0.1) is 0 Å². The quantitative estimate of drug-likeness (QED) is 0.178. The van der Waals surface area contributed by atoms with E-state index in [9.17, 15) is 19.2 Å². The van der Waals surface area contributed by atoms with Crippen LogP contribution in [0.25, 0.3) is 0 Å². The van der Waals surface area contributed by atoms with Gasteiger partial charge in [0.15, 0.2) is 12.2 Å². The van der Waals surface area contributed by atoms with Gasteiger partial charge in [0.25, 0.3) is 0 Å². The Morgan fingerprint density at radius 3 is 1.56 bits per heavy atom. The van der Waals surface area contributed by atoms with E-state index in [1.807, 2.05) is 18.2 Å². The van der Waals surface area contributed by atoms with Crippen LogP contribution in [0.2, 0.25) is 0 Å². The maximum absolute atomic E-state index is 11.8. The first-order valence-corrected chi connectivity index (χ1v) is 14.0. The highest BCUT2D eigenvalue weighted by molar-refractivity contribution is 6.49. The number of carbonyl (C=O) groups is 4. The fourth-order valence-corrected chi connectivity index (χ4v) is 4.33. The minimum absolute atomic E-state index is 0.0612. The molecule has 1 heterocycles. The van der Waals surface area contributed by atoms with Gasteiger partial charge in [0.2, 0.25) is 11.6 Å². The molecule has 4 aromatic carbocycles. The Labute approximate surface area is 260 Å². The second-order valence-electron chi connectivity index (χ2n) is 10.1. The molecule has 10 heteroatoms. The molecule has 0 amide bonds. The van der Waals surface area contributed by atoms with Crippen LogP contribution >= 0.6 is 0 Å². The number of carboxylic acid groups (broad SMARTS) is 2. The lowest BCUT2D eigenvalue weighted by molar-refractivity contribution is -0.165. The Hall–Kier alpha value is -5.00. The van der Waals surface area contributed by atoms with E-state index in [-0.39, 0.29) is 6.10 Å². The molecule has 0 bridgehead atoms. The molecule has 10 nitrogen and oxygen atoms in total. The summed E-state index contributed by atoms with van der Waals surface area (Å²) in [6.07, 6.45) is -4.47. The molecule has 1 aliphatic rings. The molecule has 3 atom stereocenters. The molecule has 0 fully saturated rings. The molecular formula is C35H35NO9. The molecule has 0 saturated heterocycles. The number of carboxylic acids is 2. The fourth-order valence-electron chi connectivity index (χ4n) is 4.33. The third-order valence-electron chi connectivity index (χ3n) is 6.72. The number of aliphatic carboxylic acids is 2. The molecule has 5 rings (SSSR count). The van der Waals surface area contributed by atoms with Crippen molar-refractivity contribution in [2.45, 2.75) is 24.9 Å². The van der Waals surface area contributed by atoms with Gasteiger partial charge in [0.1, 0.15) is 6.10 Å². The van der Waals surface area contributed by atoms with Gasteiger partial charge >= 0.3 is 11.9 Å². The van der Waals surface area contributed by atoms with Crippen molar-refractivity contribution in [3.05, 3.63) is 143 Å². The lowest BCUT2D eigenvalue weighted by Crippen LogP contribution is -2.39. The van der Waals surface area contributed by atoms with E-state index in [0.29, 0.717) is 11.1 Å². The number of likely N-dealkylation sites (N-methyl/N-ethyl adjacent to an activating group) is 1.